The molecule has 0 aliphatic rings. The third-order valence-corrected chi connectivity index (χ3v) is 5.46. The van der Waals surface area contributed by atoms with Crippen LogP contribution in [0.25, 0.3) is 28.4 Å². The summed E-state index contributed by atoms with van der Waals surface area (Å²) in [5, 5.41) is 14.9. The number of aryl methyl sites for hydroxylation is 1. The van der Waals surface area contributed by atoms with Crippen LogP contribution >= 0.6 is 0 Å². The molecule has 0 spiro atoms. The van der Waals surface area contributed by atoms with E-state index in [0.29, 0.717) is 23.1 Å². The van der Waals surface area contributed by atoms with E-state index in [9.17, 15) is 4.79 Å². The van der Waals surface area contributed by atoms with Gasteiger partial charge in [0.25, 0.3) is 5.56 Å². The molecule has 0 amide bonds. The molecule has 0 bridgehead atoms. The van der Waals surface area contributed by atoms with Crippen LogP contribution in [0.4, 0.5) is 11.5 Å². The Morgan fingerprint density at radius 2 is 1.62 bits per heavy atom. The first-order chi connectivity index (χ1) is 16.6. The maximum absolute atomic E-state index is 13.7. The van der Waals surface area contributed by atoms with Crippen molar-refractivity contribution in [2.75, 3.05) is 5.32 Å². The van der Waals surface area contributed by atoms with E-state index >= 15 is 0 Å². The summed E-state index contributed by atoms with van der Waals surface area (Å²) in [4.78, 5) is 18.5. The van der Waals surface area contributed by atoms with Gasteiger partial charge in [0.15, 0.2) is 5.76 Å². The van der Waals surface area contributed by atoms with Gasteiger partial charge in [-0.05, 0) is 31.2 Å². The van der Waals surface area contributed by atoms with E-state index in [-0.39, 0.29) is 11.1 Å². The maximum atomic E-state index is 13.7. The van der Waals surface area contributed by atoms with E-state index < -0.39 is 0 Å². The Hall–Kier alpha value is -4.78. The highest BCUT2D eigenvalue weighted by Gasteiger charge is 2.18. The average Bonchev–Trinajstić information content (AvgIpc) is 3.41. The highest BCUT2D eigenvalue weighted by Crippen LogP contribution is 2.27. The highest BCUT2D eigenvalue weighted by molar-refractivity contribution is 5.86. The van der Waals surface area contributed by atoms with Crippen molar-refractivity contribution in [1.29, 1.82) is 5.41 Å². The monoisotopic (exact) mass is 447 g/mol. The van der Waals surface area contributed by atoms with E-state index in [0.717, 1.165) is 28.6 Å². The van der Waals surface area contributed by atoms with E-state index in [1.807, 2.05) is 85.8 Å². The first kappa shape index (κ1) is 21.1. The third kappa shape index (κ3) is 4.02. The number of para-hydroxylation sites is 1. The fraction of sp³-hybridized carbons (Fsp3) is 0.0370. The first-order valence-electron chi connectivity index (χ1n) is 10.7. The second kappa shape index (κ2) is 8.99. The average molecular weight is 447 g/mol. The maximum Gasteiger partial charge on any atom is 0.269 e. The molecule has 0 unspecified atom stereocenters. The molecule has 0 aliphatic heterocycles. The van der Waals surface area contributed by atoms with Gasteiger partial charge in [-0.15, -0.1) is 0 Å². The van der Waals surface area contributed by atoms with Crippen molar-refractivity contribution in [3.8, 4) is 28.4 Å². The molecule has 2 aromatic heterocycles. The van der Waals surface area contributed by atoms with Crippen LogP contribution in [0.1, 0.15) is 11.1 Å². The van der Waals surface area contributed by atoms with Crippen molar-refractivity contribution >= 4 is 17.7 Å². The van der Waals surface area contributed by atoms with Gasteiger partial charge in [0.1, 0.15) is 17.2 Å². The number of anilines is 2. The lowest BCUT2D eigenvalue weighted by Crippen LogP contribution is -2.26. The molecule has 0 aliphatic carbocycles. The van der Waals surface area contributed by atoms with Crippen molar-refractivity contribution < 1.29 is 4.52 Å². The van der Waals surface area contributed by atoms with Crippen molar-refractivity contribution in [3.63, 3.8) is 0 Å². The van der Waals surface area contributed by atoms with Gasteiger partial charge in [-0.2, -0.15) is 0 Å². The zero-order chi connectivity index (χ0) is 23.5. The standard InChI is InChI=1S/C27H21N5O2/c1-18-7-13-22(14-8-18)32-26(20-11-9-19(10-12-20)24-15-16-29-34-24)31-25(23(17-28)27(32)33)30-21-5-3-2-4-6-21/h2-17,28,30H,1H3. The van der Waals surface area contributed by atoms with Crippen molar-refractivity contribution in [1.82, 2.24) is 14.7 Å². The van der Waals surface area contributed by atoms with E-state index in [1.165, 1.54) is 0 Å². The van der Waals surface area contributed by atoms with E-state index in [2.05, 4.69) is 10.5 Å². The highest BCUT2D eigenvalue weighted by atomic mass is 16.5. The number of hydrogen-bond acceptors (Lipinski definition) is 6. The fourth-order valence-electron chi connectivity index (χ4n) is 3.69. The van der Waals surface area contributed by atoms with E-state index in [1.54, 1.807) is 16.8 Å². The van der Waals surface area contributed by atoms with Crippen LogP contribution < -0.4 is 10.9 Å². The Balaban J connectivity index is 1.71. The van der Waals surface area contributed by atoms with Crippen LogP contribution in [0.15, 0.2) is 100 Å². The molecule has 7 nitrogen and oxygen atoms in total. The summed E-state index contributed by atoms with van der Waals surface area (Å²) in [6.45, 7) is 1.99. The third-order valence-electron chi connectivity index (χ3n) is 5.46. The molecule has 3 aromatic carbocycles. The van der Waals surface area contributed by atoms with E-state index in [4.69, 9.17) is 14.9 Å². The molecule has 7 heteroatoms. The number of benzene rings is 3. The SMILES string of the molecule is Cc1ccc(-n2c(-c3ccc(-c4ccno4)cc3)nc(Nc3ccccc3)c(C=N)c2=O)cc1. The van der Waals surface area contributed by atoms with Gasteiger partial charge in [0.05, 0.1) is 11.9 Å². The second-order valence-electron chi connectivity index (χ2n) is 7.76. The Morgan fingerprint density at radius 3 is 2.26 bits per heavy atom. The number of rotatable bonds is 6. The van der Waals surface area contributed by atoms with Crippen LogP contribution in [-0.4, -0.2) is 20.9 Å². The molecule has 2 N–H and O–H groups in total. The predicted molar refractivity (Wildman–Crippen MR) is 133 cm³/mol. The molecular weight excluding hydrogens is 426 g/mol. The van der Waals surface area contributed by atoms with Gasteiger partial charge >= 0.3 is 0 Å². The van der Waals surface area contributed by atoms with Gasteiger partial charge in [-0.3, -0.25) is 9.36 Å². The van der Waals surface area contributed by atoms with Crippen LogP contribution in [0.5, 0.6) is 0 Å². The minimum Gasteiger partial charge on any atom is -0.356 e. The fourth-order valence-corrected chi connectivity index (χ4v) is 3.69. The van der Waals surface area contributed by atoms with Gasteiger partial charge in [-0.1, -0.05) is 65.3 Å². The van der Waals surface area contributed by atoms with Gasteiger partial charge < -0.3 is 15.2 Å². The number of hydrogen-bond donors (Lipinski definition) is 2. The van der Waals surface area contributed by atoms with Gasteiger partial charge in [-0.25, -0.2) is 4.98 Å². The summed E-state index contributed by atoms with van der Waals surface area (Å²) in [5.74, 6) is 1.44. The van der Waals surface area contributed by atoms with Crippen LogP contribution in [-0.2, 0) is 0 Å². The quantitative estimate of drug-likeness (QED) is 0.330. The van der Waals surface area contributed by atoms with Crippen molar-refractivity contribution in [2.45, 2.75) is 6.92 Å². The van der Waals surface area contributed by atoms with Gasteiger partial charge in [0.2, 0.25) is 0 Å². The Labute approximate surface area is 195 Å². The second-order valence-corrected chi connectivity index (χ2v) is 7.76. The summed E-state index contributed by atoms with van der Waals surface area (Å²) in [5.41, 5.74) is 3.98. The molecule has 34 heavy (non-hydrogen) atoms. The summed E-state index contributed by atoms with van der Waals surface area (Å²) in [7, 11) is 0. The summed E-state index contributed by atoms with van der Waals surface area (Å²) in [6.07, 6.45) is 2.64. The Morgan fingerprint density at radius 1 is 0.912 bits per heavy atom. The molecule has 0 saturated carbocycles. The van der Waals surface area contributed by atoms with Crippen LogP contribution in [0.3, 0.4) is 0 Å². The molecule has 5 aromatic rings. The topological polar surface area (TPSA) is 96.8 Å². The molecule has 166 valence electrons. The zero-order valence-corrected chi connectivity index (χ0v) is 18.4. The normalized spacial score (nSPS) is 10.7. The molecular formula is C27H21N5O2. The number of nitrogens with zero attached hydrogens (tertiary/aromatic N) is 3. The Kier molecular flexibility index (Phi) is 5.58. The number of aromatic nitrogens is 3. The molecule has 5 rings (SSSR count). The smallest absolute Gasteiger partial charge is 0.269 e. The summed E-state index contributed by atoms with van der Waals surface area (Å²) in [6, 6.07) is 26.5. The predicted octanol–water partition coefficient (Wildman–Crippen LogP) is 5.60. The molecule has 0 atom stereocenters. The lowest BCUT2D eigenvalue weighted by molar-refractivity contribution is 0.432. The first-order valence-corrected chi connectivity index (χ1v) is 10.7. The largest absolute Gasteiger partial charge is 0.356 e. The van der Waals surface area contributed by atoms with Crippen LogP contribution in [0.2, 0.25) is 0 Å². The minimum absolute atomic E-state index is 0.173. The van der Waals surface area contributed by atoms with Crippen molar-refractivity contribution in [2.24, 2.45) is 0 Å². The summed E-state index contributed by atoms with van der Waals surface area (Å²) < 4.78 is 6.79. The molecule has 2 heterocycles. The minimum atomic E-state index is -0.332. The van der Waals surface area contributed by atoms with Crippen molar-refractivity contribution in [3.05, 3.63) is 113 Å². The summed E-state index contributed by atoms with van der Waals surface area (Å²) >= 11 is 0. The Bertz CT molecular complexity index is 1490. The molecule has 0 fully saturated rings. The van der Waals surface area contributed by atoms with Crippen LogP contribution in [0, 0.1) is 12.3 Å². The molecule has 0 radical (unpaired) electrons. The zero-order valence-electron chi connectivity index (χ0n) is 18.4. The molecule has 0 saturated heterocycles. The van der Waals surface area contributed by atoms with Gasteiger partial charge in [0, 0.05) is 29.1 Å². The lowest BCUT2D eigenvalue weighted by Gasteiger charge is -2.17. The lowest BCUT2D eigenvalue weighted by atomic mass is 10.1. The number of nitrogens with one attached hydrogen (secondary N) is 2.